The molecule has 5 heteroatoms. The first kappa shape index (κ1) is 12.2. The molecule has 92 valence electrons. The van der Waals surface area contributed by atoms with Gasteiger partial charge >= 0.3 is 5.97 Å². The molecular weight excluding hydrogens is 245 g/mol. The van der Waals surface area contributed by atoms with E-state index in [9.17, 15) is 18.0 Å². The molecule has 0 spiro atoms. The molecule has 2 rings (SSSR count). The topological polar surface area (TPSA) is 26.3 Å². The zero-order valence-corrected chi connectivity index (χ0v) is 8.99. The Balaban J connectivity index is 2.24. The summed E-state index contributed by atoms with van der Waals surface area (Å²) >= 11 is 0. The van der Waals surface area contributed by atoms with E-state index in [-0.39, 0.29) is 11.3 Å². The fourth-order valence-corrected chi connectivity index (χ4v) is 1.38. The van der Waals surface area contributed by atoms with Crippen LogP contribution in [0.4, 0.5) is 13.2 Å². The summed E-state index contributed by atoms with van der Waals surface area (Å²) in [5.41, 5.74) is -0.304. The highest BCUT2D eigenvalue weighted by atomic mass is 19.1. The summed E-state index contributed by atoms with van der Waals surface area (Å²) in [6.45, 7) is 0. The van der Waals surface area contributed by atoms with Crippen LogP contribution < -0.4 is 4.74 Å². The second kappa shape index (κ2) is 4.91. The van der Waals surface area contributed by atoms with Gasteiger partial charge in [-0.2, -0.15) is 0 Å². The SMILES string of the molecule is O=C(Oc1cc(F)cc(F)c1)c1ccccc1F. The average Bonchev–Trinajstić information content (AvgIpc) is 2.27. The minimum absolute atomic E-state index is 0.304. The van der Waals surface area contributed by atoms with E-state index in [0.29, 0.717) is 6.07 Å². The van der Waals surface area contributed by atoms with E-state index in [2.05, 4.69) is 4.74 Å². The predicted octanol–water partition coefficient (Wildman–Crippen LogP) is 3.32. The van der Waals surface area contributed by atoms with Crippen molar-refractivity contribution in [2.75, 3.05) is 0 Å². The third-order valence-corrected chi connectivity index (χ3v) is 2.14. The maximum absolute atomic E-state index is 13.3. The number of ether oxygens (including phenoxy) is 1. The number of benzene rings is 2. The zero-order chi connectivity index (χ0) is 13.1. The van der Waals surface area contributed by atoms with Crippen LogP contribution in [-0.4, -0.2) is 5.97 Å². The lowest BCUT2D eigenvalue weighted by atomic mass is 10.2. The van der Waals surface area contributed by atoms with Gasteiger partial charge in [0.2, 0.25) is 0 Å². The van der Waals surface area contributed by atoms with Crippen LogP contribution in [0.25, 0.3) is 0 Å². The number of hydrogen-bond acceptors (Lipinski definition) is 2. The molecule has 0 fully saturated rings. The van der Waals surface area contributed by atoms with Crippen molar-refractivity contribution >= 4 is 5.97 Å². The molecule has 0 unspecified atom stereocenters. The molecule has 2 aromatic rings. The molecule has 0 atom stereocenters. The van der Waals surface area contributed by atoms with Crippen molar-refractivity contribution in [3.63, 3.8) is 0 Å². The number of esters is 1. The fourth-order valence-electron chi connectivity index (χ4n) is 1.38. The normalized spacial score (nSPS) is 10.2. The molecule has 2 nitrogen and oxygen atoms in total. The lowest BCUT2D eigenvalue weighted by Crippen LogP contribution is -2.10. The molecule has 0 bridgehead atoms. The lowest BCUT2D eigenvalue weighted by molar-refractivity contribution is 0.0729. The minimum Gasteiger partial charge on any atom is -0.423 e. The molecule has 0 aliphatic heterocycles. The summed E-state index contributed by atoms with van der Waals surface area (Å²) in [6, 6.07) is 7.47. The maximum atomic E-state index is 13.3. The molecule has 0 saturated carbocycles. The van der Waals surface area contributed by atoms with Crippen LogP contribution in [0.15, 0.2) is 42.5 Å². The van der Waals surface area contributed by atoms with Gasteiger partial charge in [-0.3, -0.25) is 0 Å². The molecule has 0 radical (unpaired) electrons. The van der Waals surface area contributed by atoms with Crippen LogP contribution in [-0.2, 0) is 0 Å². The van der Waals surface area contributed by atoms with Gasteiger partial charge < -0.3 is 4.74 Å². The molecular formula is C13H7F3O2. The fraction of sp³-hybridized carbons (Fsp3) is 0. The predicted molar refractivity (Wildman–Crippen MR) is 57.7 cm³/mol. The zero-order valence-electron chi connectivity index (χ0n) is 8.99. The molecule has 0 aliphatic carbocycles. The van der Waals surface area contributed by atoms with Crippen molar-refractivity contribution in [1.82, 2.24) is 0 Å². The van der Waals surface area contributed by atoms with Gasteiger partial charge in [0, 0.05) is 18.2 Å². The van der Waals surface area contributed by atoms with Gasteiger partial charge in [-0.1, -0.05) is 12.1 Å². The van der Waals surface area contributed by atoms with E-state index in [1.54, 1.807) is 0 Å². The number of carbonyl (C=O) groups is 1. The molecule has 0 N–H and O–H groups in total. The van der Waals surface area contributed by atoms with Gasteiger partial charge in [-0.15, -0.1) is 0 Å². The number of hydrogen-bond donors (Lipinski definition) is 0. The van der Waals surface area contributed by atoms with Crippen molar-refractivity contribution in [2.45, 2.75) is 0 Å². The van der Waals surface area contributed by atoms with Gasteiger partial charge in [0.25, 0.3) is 0 Å². The largest absolute Gasteiger partial charge is 0.423 e. The highest BCUT2D eigenvalue weighted by Crippen LogP contribution is 2.17. The molecule has 0 heterocycles. The maximum Gasteiger partial charge on any atom is 0.346 e. The quantitative estimate of drug-likeness (QED) is 0.605. The smallest absolute Gasteiger partial charge is 0.346 e. The Morgan fingerprint density at radius 2 is 1.56 bits per heavy atom. The molecule has 0 aliphatic rings. The van der Waals surface area contributed by atoms with Crippen LogP contribution in [0, 0.1) is 17.5 Å². The Labute approximate surface area is 101 Å². The van der Waals surface area contributed by atoms with Crippen molar-refractivity contribution in [2.24, 2.45) is 0 Å². The summed E-state index contributed by atoms with van der Waals surface area (Å²) in [5, 5.41) is 0. The second-order valence-corrected chi connectivity index (χ2v) is 3.47. The summed E-state index contributed by atoms with van der Waals surface area (Å²) in [5.74, 6) is -3.86. The minimum atomic E-state index is -1.02. The third-order valence-electron chi connectivity index (χ3n) is 2.14. The van der Waals surface area contributed by atoms with E-state index in [4.69, 9.17) is 0 Å². The van der Waals surface area contributed by atoms with Gasteiger partial charge in [-0.25, -0.2) is 18.0 Å². The van der Waals surface area contributed by atoms with E-state index < -0.39 is 23.4 Å². The first-order valence-electron chi connectivity index (χ1n) is 4.99. The van der Waals surface area contributed by atoms with Crippen molar-refractivity contribution in [1.29, 1.82) is 0 Å². The van der Waals surface area contributed by atoms with Crippen LogP contribution in [0.3, 0.4) is 0 Å². The number of halogens is 3. The van der Waals surface area contributed by atoms with E-state index in [0.717, 1.165) is 18.2 Å². The molecule has 0 aromatic heterocycles. The van der Waals surface area contributed by atoms with Crippen LogP contribution in [0.2, 0.25) is 0 Å². The molecule has 0 saturated heterocycles. The number of rotatable bonds is 2. The van der Waals surface area contributed by atoms with Gasteiger partial charge in [0.15, 0.2) is 0 Å². The average molecular weight is 252 g/mol. The van der Waals surface area contributed by atoms with Crippen molar-refractivity contribution < 1.29 is 22.7 Å². The second-order valence-electron chi connectivity index (χ2n) is 3.47. The Morgan fingerprint density at radius 3 is 2.17 bits per heavy atom. The van der Waals surface area contributed by atoms with Gasteiger partial charge in [0.05, 0.1) is 5.56 Å². The first-order valence-corrected chi connectivity index (χ1v) is 4.99. The Bertz CT molecular complexity index is 576. The van der Waals surface area contributed by atoms with Gasteiger partial charge in [-0.05, 0) is 12.1 Å². The molecule has 0 amide bonds. The molecule has 2 aromatic carbocycles. The summed E-state index contributed by atoms with van der Waals surface area (Å²) in [4.78, 5) is 11.6. The van der Waals surface area contributed by atoms with Crippen molar-refractivity contribution in [3.05, 3.63) is 65.5 Å². The van der Waals surface area contributed by atoms with E-state index in [1.165, 1.54) is 18.2 Å². The Kier molecular flexibility index (Phi) is 3.32. The van der Waals surface area contributed by atoms with E-state index >= 15 is 0 Å². The van der Waals surface area contributed by atoms with Crippen LogP contribution in [0.5, 0.6) is 5.75 Å². The van der Waals surface area contributed by atoms with E-state index in [1.807, 2.05) is 0 Å². The van der Waals surface area contributed by atoms with Crippen molar-refractivity contribution in [3.8, 4) is 5.75 Å². The third kappa shape index (κ3) is 2.68. The first-order chi connectivity index (χ1) is 8.56. The summed E-state index contributed by atoms with van der Waals surface area (Å²) in [6.07, 6.45) is 0. The van der Waals surface area contributed by atoms with Gasteiger partial charge in [0.1, 0.15) is 23.2 Å². The summed E-state index contributed by atoms with van der Waals surface area (Å²) in [7, 11) is 0. The Morgan fingerprint density at radius 1 is 0.944 bits per heavy atom. The highest BCUT2D eigenvalue weighted by Gasteiger charge is 2.14. The number of carbonyl (C=O) groups excluding carboxylic acids is 1. The Hall–Kier alpha value is -2.30. The summed E-state index contributed by atoms with van der Waals surface area (Å²) < 4.78 is 43.6. The van der Waals surface area contributed by atoms with Crippen LogP contribution >= 0.6 is 0 Å². The lowest BCUT2D eigenvalue weighted by Gasteiger charge is -2.05. The highest BCUT2D eigenvalue weighted by molar-refractivity contribution is 5.91. The monoisotopic (exact) mass is 252 g/mol. The standard InChI is InChI=1S/C13H7F3O2/c14-8-5-9(15)7-10(6-8)18-13(17)11-3-1-2-4-12(11)16/h1-7H. The molecule has 18 heavy (non-hydrogen) atoms. The van der Waals surface area contributed by atoms with Crippen LogP contribution in [0.1, 0.15) is 10.4 Å².